The number of carbonyl (C=O) groups excluding carboxylic acids is 1. The van der Waals surface area contributed by atoms with Gasteiger partial charge >= 0.3 is 0 Å². The Morgan fingerprint density at radius 3 is 2.81 bits per heavy atom. The van der Waals surface area contributed by atoms with Crippen LogP contribution in [0.2, 0.25) is 5.02 Å². The van der Waals surface area contributed by atoms with Gasteiger partial charge in [-0.3, -0.25) is 14.8 Å². The summed E-state index contributed by atoms with van der Waals surface area (Å²) in [6, 6.07) is 9.29. The van der Waals surface area contributed by atoms with E-state index in [0.29, 0.717) is 30.4 Å². The minimum absolute atomic E-state index is 0.0983. The molecular weight excluding hydrogens is 366 g/mol. The van der Waals surface area contributed by atoms with Crippen molar-refractivity contribution in [2.75, 3.05) is 18.1 Å². The third-order valence-electron chi connectivity index (χ3n) is 4.57. The predicted molar refractivity (Wildman–Crippen MR) is 102 cm³/mol. The number of rotatable bonds is 4. The van der Waals surface area contributed by atoms with Gasteiger partial charge in [0.05, 0.1) is 31.2 Å². The van der Waals surface area contributed by atoms with Crippen molar-refractivity contribution in [2.24, 2.45) is 0 Å². The molecular formula is C19H18ClN5O2. The number of morpholine rings is 1. The van der Waals surface area contributed by atoms with E-state index in [1.54, 1.807) is 17.3 Å². The van der Waals surface area contributed by atoms with Gasteiger partial charge in [0.25, 0.3) is 5.91 Å². The predicted octanol–water partition coefficient (Wildman–Crippen LogP) is 2.80. The lowest BCUT2D eigenvalue weighted by Gasteiger charge is -2.31. The number of hydrogen-bond donors (Lipinski definition) is 1. The highest BCUT2D eigenvalue weighted by Gasteiger charge is 2.32. The molecule has 138 valence electrons. The molecule has 0 radical (unpaired) electrons. The van der Waals surface area contributed by atoms with Crippen LogP contribution in [0.1, 0.15) is 11.1 Å². The third-order valence-corrected chi connectivity index (χ3v) is 4.82. The minimum Gasteiger partial charge on any atom is -0.366 e. The zero-order valence-electron chi connectivity index (χ0n) is 14.7. The van der Waals surface area contributed by atoms with E-state index in [2.05, 4.69) is 20.4 Å². The molecule has 4 rings (SSSR count). The number of halogens is 1. The first kappa shape index (κ1) is 17.6. The lowest BCUT2D eigenvalue weighted by atomic mass is 10.1. The van der Waals surface area contributed by atoms with Crippen LogP contribution in [-0.4, -0.2) is 45.6 Å². The Morgan fingerprint density at radius 1 is 1.26 bits per heavy atom. The number of nitrogens with one attached hydrogen (secondary N) is 1. The maximum Gasteiger partial charge on any atom is 0.257 e. The number of carbonyl (C=O) groups is 1. The van der Waals surface area contributed by atoms with E-state index in [1.807, 2.05) is 37.3 Å². The van der Waals surface area contributed by atoms with E-state index in [0.717, 1.165) is 22.4 Å². The molecule has 1 atom stereocenters. The maximum absolute atomic E-state index is 12.9. The molecule has 1 amide bonds. The number of anilines is 1. The molecule has 1 saturated heterocycles. The molecule has 2 aromatic heterocycles. The van der Waals surface area contributed by atoms with Crippen LogP contribution in [0.4, 0.5) is 5.82 Å². The SMILES string of the molecule is Cc1cnncc1-c1cc(N2CCOC(Cc3ccc(Cl)cc3)C2=O)n[nH]1. The van der Waals surface area contributed by atoms with Gasteiger partial charge in [-0.1, -0.05) is 23.7 Å². The zero-order chi connectivity index (χ0) is 18.8. The number of H-pyrrole nitrogens is 1. The molecule has 0 aliphatic carbocycles. The van der Waals surface area contributed by atoms with Crippen LogP contribution in [0, 0.1) is 6.92 Å². The first-order valence-electron chi connectivity index (χ1n) is 8.62. The second-order valence-corrected chi connectivity index (χ2v) is 6.84. The normalized spacial score (nSPS) is 17.3. The Kier molecular flexibility index (Phi) is 4.87. The fourth-order valence-corrected chi connectivity index (χ4v) is 3.23. The number of benzene rings is 1. The molecule has 1 unspecified atom stereocenters. The number of hydrogen-bond acceptors (Lipinski definition) is 5. The first-order valence-corrected chi connectivity index (χ1v) is 9.00. The summed E-state index contributed by atoms with van der Waals surface area (Å²) in [6.45, 7) is 2.88. The molecule has 1 aliphatic heterocycles. The summed E-state index contributed by atoms with van der Waals surface area (Å²) in [5.74, 6) is 0.481. The highest BCUT2D eigenvalue weighted by atomic mass is 35.5. The largest absolute Gasteiger partial charge is 0.366 e. The lowest BCUT2D eigenvalue weighted by molar-refractivity contribution is -0.133. The smallest absolute Gasteiger partial charge is 0.257 e. The van der Waals surface area contributed by atoms with Crippen LogP contribution in [-0.2, 0) is 16.0 Å². The molecule has 7 nitrogen and oxygen atoms in total. The van der Waals surface area contributed by atoms with Crippen LogP contribution in [0.5, 0.6) is 0 Å². The highest BCUT2D eigenvalue weighted by molar-refractivity contribution is 6.30. The van der Waals surface area contributed by atoms with Gasteiger partial charge in [0.1, 0.15) is 6.10 Å². The summed E-state index contributed by atoms with van der Waals surface area (Å²) in [5.41, 5.74) is 3.68. The number of aromatic amines is 1. The summed E-state index contributed by atoms with van der Waals surface area (Å²) >= 11 is 5.92. The van der Waals surface area contributed by atoms with Gasteiger partial charge in [0.15, 0.2) is 5.82 Å². The second-order valence-electron chi connectivity index (χ2n) is 6.41. The van der Waals surface area contributed by atoms with Gasteiger partial charge in [-0.05, 0) is 30.2 Å². The molecule has 1 N–H and O–H groups in total. The molecule has 0 saturated carbocycles. The van der Waals surface area contributed by atoms with Crippen molar-refractivity contribution in [3.63, 3.8) is 0 Å². The average molecular weight is 384 g/mol. The summed E-state index contributed by atoms with van der Waals surface area (Å²) in [6.07, 6.45) is 3.33. The van der Waals surface area contributed by atoms with Crippen molar-refractivity contribution in [1.82, 2.24) is 20.4 Å². The van der Waals surface area contributed by atoms with Crippen LogP contribution < -0.4 is 4.90 Å². The monoisotopic (exact) mass is 383 g/mol. The molecule has 27 heavy (non-hydrogen) atoms. The van der Waals surface area contributed by atoms with Gasteiger partial charge in [0, 0.05) is 23.1 Å². The summed E-state index contributed by atoms with van der Waals surface area (Å²) in [5, 5.41) is 15.7. The van der Waals surface area contributed by atoms with Gasteiger partial charge in [-0.2, -0.15) is 15.3 Å². The van der Waals surface area contributed by atoms with Crippen LogP contribution in [0.25, 0.3) is 11.3 Å². The zero-order valence-corrected chi connectivity index (χ0v) is 15.5. The van der Waals surface area contributed by atoms with Crippen molar-refractivity contribution in [1.29, 1.82) is 0 Å². The lowest BCUT2D eigenvalue weighted by Crippen LogP contribution is -2.49. The van der Waals surface area contributed by atoms with E-state index >= 15 is 0 Å². The van der Waals surface area contributed by atoms with Crippen molar-refractivity contribution < 1.29 is 9.53 Å². The molecule has 1 fully saturated rings. The first-order chi connectivity index (χ1) is 13.1. The number of aryl methyl sites for hydroxylation is 1. The molecule has 3 aromatic rings. The van der Waals surface area contributed by atoms with Crippen LogP contribution >= 0.6 is 11.6 Å². The van der Waals surface area contributed by atoms with Crippen molar-refractivity contribution >= 4 is 23.3 Å². The van der Waals surface area contributed by atoms with Gasteiger partial charge in [-0.25, -0.2) is 0 Å². The molecule has 1 aliphatic rings. The van der Waals surface area contributed by atoms with E-state index in [1.165, 1.54) is 0 Å². The second kappa shape index (κ2) is 7.46. The van der Waals surface area contributed by atoms with E-state index in [-0.39, 0.29) is 5.91 Å². The van der Waals surface area contributed by atoms with Crippen molar-refractivity contribution in [3.05, 3.63) is 58.9 Å². The molecule has 1 aromatic carbocycles. The van der Waals surface area contributed by atoms with Gasteiger partial charge in [0.2, 0.25) is 0 Å². The third kappa shape index (κ3) is 3.70. The Morgan fingerprint density at radius 2 is 2.04 bits per heavy atom. The molecule has 3 heterocycles. The van der Waals surface area contributed by atoms with Gasteiger partial charge < -0.3 is 4.74 Å². The summed E-state index contributed by atoms with van der Waals surface area (Å²) in [4.78, 5) is 14.6. The Bertz CT molecular complexity index is 957. The summed E-state index contributed by atoms with van der Waals surface area (Å²) in [7, 11) is 0. The standard InChI is InChI=1S/C19H18ClN5O2/c1-12-10-21-22-11-15(12)16-9-18(24-23-16)25-6-7-27-17(19(25)26)8-13-2-4-14(20)5-3-13/h2-5,9-11,17H,6-8H2,1H3,(H,23,24). The summed E-state index contributed by atoms with van der Waals surface area (Å²) < 4.78 is 5.71. The van der Waals surface area contributed by atoms with E-state index in [9.17, 15) is 4.79 Å². The topological polar surface area (TPSA) is 84.0 Å². The maximum atomic E-state index is 12.9. The van der Waals surface area contributed by atoms with E-state index in [4.69, 9.17) is 16.3 Å². The number of amides is 1. The Hall–Kier alpha value is -2.77. The molecule has 8 heteroatoms. The average Bonchev–Trinajstić information content (AvgIpc) is 3.15. The van der Waals surface area contributed by atoms with Crippen LogP contribution in [0.3, 0.4) is 0 Å². The highest BCUT2D eigenvalue weighted by Crippen LogP contribution is 2.25. The molecule has 0 spiro atoms. The van der Waals surface area contributed by atoms with Crippen molar-refractivity contribution in [2.45, 2.75) is 19.4 Å². The minimum atomic E-state index is -0.538. The quantitative estimate of drug-likeness (QED) is 0.748. The Balaban J connectivity index is 1.53. The number of ether oxygens (including phenoxy) is 1. The fourth-order valence-electron chi connectivity index (χ4n) is 3.10. The fraction of sp³-hybridized carbons (Fsp3) is 0.263. The van der Waals surface area contributed by atoms with Crippen LogP contribution in [0.15, 0.2) is 42.7 Å². The Labute approximate surface area is 161 Å². The number of aromatic nitrogens is 4. The van der Waals surface area contributed by atoms with Gasteiger partial charge in [-0.15, -0.1) is 0 Å². The van der Waals surface area contributed by atoms with E-state index < -0.39 is 6.10 Å². The number of nitrogens with zero attached hydrogens (tertiary/aromatic N) is 4. The van der Waals surface area contributed by atoms with Crippen molar-refractivity contribution in [3.8, 4) is 11.3 Å². The molecule has 0 bridgehead atoms.